The number of H-pyrrole nitrogens is 1. The molecule has 5 heterocycles. The summed E-state index contributed by atoms with van der Waals surface area (Å²) < 4.78 is 44.9. The molecule has 164 valence electrons. The highest BCUT2D eigenvalue weighted by Crippen LogP contribution is 2.46. The van der Waals surface area contributed by atoms with E-state index in [9.17, 15) is 4.39 Å². The summed E-state index contributed by atoms with van der Waals surface area (Å²) in [6, 6.07) is 2.66. The van der Waals surface area contributed by atoms with Gasteiger partial charge in [-0.05, 0) is 43.4 Å². The molecule has 4 atom stereocenters. The lowest BCUT2D eigenvalue weighted by molar-refractivity contribution is 0.0377. The van der Waals surface area contributed by atoms with Gasteiger partial charge in [0.05, 0.1) is 17.8 Å². The van der Waals surface area contributed by atoms with Crippen LogP contribution in [-0.2, 0) is 0 Å². The van der Waals surface area contributed by atoms with Gasteiger partial charge in [-0.3, -0.25) is 15.2 Å². The van der Waals surface area contributed by atoms with Crippen LogP contribution in [0.3, 0.4) is 0 Å². The molecule has 4 aromatic rings. The summed E-state index contributed by atoms with van der Waals surface area (Å²) in [6.07, 6.45) is 2.43. The SMILES string of the molecule is CC1NC(F)C(F)N(c2nc(-c3ccnc4[nH]ccc34)nc3cncc(C4CC4)c23)C1F. The average Bonchev–Trinajstić information content (AvgIpc) is 3.53. The third-order valence-corrected chi connectivity index (χ3v) is 6.19. The van der Waals surface area contributed by atoms with Crippen molar-refractivity contribution in [1.82, 2.24) is 30.2 Å². The number of halogens is 3. The molecule has 2 N–H and O–H groups in total. The Morgan fingerprint density at radius 3 is 2.72 bits per heavy atom. The molecule has 10 heteroatoms. The predicted molar refractivity (Wildman–Crippen MR) is 114 cm³/mol. The molecular weight excluding hydrogens is 419 g/mol. The molecule has 1 saturated carbocycles. The van der Waals surface area contributed by atoms with Crippen molar-refractivity contribution in [1.29, 1.82) is 0 Å². The third kappa shape index (κ3) is 2.93. The second kappa shape index (κ2) is 7.13. The van der Waals surface area contributed by atoms with Gasteiger partial charge in [0.2, 0.25) is 12.6 Å². The minimum absolute atomic E-state index is 0.0470. The van der Waals surface area contributed by atoms with E-state index in [1.807, 2.05) is 6.07 Å². The van der Waals surface area contributed by atoms with Gasteiger partial charge in [-0.2, -0.15) is 0 Å². The quantitative estimate of drug-likeness (QED) is 0.467. The number of nitrogens with one attached hydrogen (secondary N) is 2. The van der Waals surface area contributed by atoms with E-state index in [2.05, 4.69) is 25.3 Å². The van der Waals surface area contributed by atoms with Crippen LogP contribution in [0.15, 0.2) is 36.9 Å². The topological polar surface area (TPSA) is 82.6 Å². The van der Waals surface area contributed by atoms with Crippen molar-refractivity contribution in [3.05, 3.63) is 42.5 Å². The molecule has 6 rings (SSSR count). The number of rotatable bonds is 3. The fourth-order valence-corrected chi connectivity index (χ4v) is 4.42. The summed E-state index contributed by atoms with van der Waals surface area (Å²) >= 11 is 0. The van der Waals surface area contributed by atoms with Crippen LogP contribution < -0.4 is 10.2 Å². The van der Waals surface area contributed by atoms with Crippen molar-refractivity contribution in [2.75, 3.05) is 4.90 Å². The number of piperazine rings is 1. The van der Waals surface area contributed by atoms with E-state index in [1.54, 1.807) is 30.9 Å². The number of aromatic amines is 1. The van der Waals surface area contributed by atoms with E-state index < -0.39 is 24.9 Å². The maximum atomic E-state index is 15.3. The van der Waals surface area contributed by atoms with E-state index in [1.165, 1.54) is 6.92 Å². The number of anilines is 1. The number of alkyl halides is 3. The molecule has 1 saturated heterocycles. The first-order valence-electron chi connectivity index (χ1n) is 10.6. The van der Waals surface area contributed by atoms with Crippen molar-refractivity contribution in [3.8, 4) is 11.4 Å². The summed E-state index contributed by atoms with van der Waals surface area (Å²) in [6.45, 7) is 1.48. The largest absolute Gasteiger partial charge is 0.346 e. The van der Waals surface area contributed by atoms with Gasteiger partial charge in [-0.1, -0.05) is 0 Å². The van der Waals surface area contributed by atoms with E-state index in [0.717, 1.165) is 28.7 Å². The normalized spacial score (nSPS) is 26.2. The molecule has 32 heavy (non-hydrogen) atoms. The molecule has 2 fully saturated rings. The van der Waals surface area contributed by atoms with E-state index in [-0.39, 0.29) is 17.6 Å². The molecule has 0 spiro atoms. The standard InChI is InChI=1S/C22H20F3N7/c1-10-18(24)32(19(25)17(23)29-10)22-16-14(11-2-3-11)8-26-9-15(16)30-21(31-22)13-5-7-28-20-12(13)4-6-27-20/h4-11,17-19,29H,2-3H2,1H3,(H,27,28). The van der Waals surface area contributed by atoms with Gasteiger partial charge >= 0.3 is 0 Å². The summed E-state index contributed by atoms with van der Waals surface area (Å²) in [5.41, 5.74) is 2.61. The molecule has 2 aliphatic rings. The number of nitrogens with zero attached hydrogens (tertiary/aromatic N) is 5. The second-order valence-electron chi connectivity index (χ2n) is 8.38. The summed E-state index contributed by atoms with van der Waals surface area (Å²) in [4.78, 5) is 21.8. The number of hydrogen-bond acceptors (Lipinski definition) is 6. The van der Waals surface area contributed by atoms with Crippen molar-refractivity contribution < 1.29 is 13.2 Å². The maximum absolute atomic E-state index is 15.3. The van der Waals surface area contributed by atoms with Crippen molar-refractivity contribution in [3.63, 3.8) is 0 Å². The summed E-state index contributed by atoms with van der Waals surface area (Å²) in [5, 5.41) is 3.61. The van der Waals surface area contributed by atoms with Crippen LogP contribution in [0, 0.1) is 0 Å². The molecule has 7 nitrogen and oxygen atoms in total. The van der Waals surface area contributed by atoms with Crippen LogP contribution in [0.1, 0.15) is 31.2 Å². The molecule has 0 aromatic carbocycles. The Morgan fingerprint density at radius 2 is 1.91 bits per heavy atom. The van der Waals surface area contributed by atoms with Gasteiger partial charge in [-0.15, -0.1) is 0 Å². The highest BCUT2D eigenvalue weighted by molar-refractivity contribution is 5.97. The van der Waals surface area contributed by atoms with Crippen LogP contribution in [0.25, 0.3) is 33.3 Å². The van der Waals surface area contributed by atoms with Gasteiger partial charge in [0.15, 0.2) is 12.1 Å². The third-order valence-electron chi connectivity index (χ3n) is 6.19. The average molecular weight is 439 g/mol. The van der Waals surface area contributed by atoms with E-state index in [0.29, 0.717) is 22.1 Å². The molecule has 0 amide bonds. The van der Waals surface area contributed by atoms with Gasteiger partial charge in [0.25, 0.3) is 0 Å². The lowest BCUT2D eigenvalue weighted by Gasteiger charge is -2.41. The lowest BCUT2D eigenvalue weighted by Crippen LogP contribution is -2.63. The number of pyridine rings is 2. The van der Waals surface area contributed by atoms with E-state index in [4.69, 9.17) is 4.98 Å². The van der Waals surface area contributed by atoms with Crippen LogP contribution in [-0.4, -0.2) is 49.8 Å². The first kappa shape index (κ1) is 19.4. The highest BCUT2D eigenvalue weighted by atomic mass is 19.2. The minimum atomic E-state index is -2.24. The van der Waals surface area contributed by atoms with Gasteiger partial charge in [0, 0.05) is 34.9 Å². The predicted octanol–water partition coefficient (Wildman–Crippen LogP) is 4.13. The van der Waals surface area contributed by atoms with Crippen molar-refractivity contribution in [2.24, 2.45) is 0 Å². The van der Waals surface area contributed by atoms with Crippen molar-refractivity contribution in [2.45, 2.75) is 50.6 Å². The second-order valence-corrected chi connectivity index (χ2v) is 8.38. The highest BCUT2D eigenvalue weighted by Gasteiger charge is 2.44. The summed E-state index contributed by atoms with van der Waals surface area (Å²) in [5.74, 6) is 0.551. The Hall–Kier alpha value is -3.27. The molecule has 0 radical (unpaired) electrons. The number of hydrogen-bond donors (Lipinski definition) is 2. The molecule has 4 aromatic heterocycles. The number of fused-ring (bicyclic) bond motifs is 2. The van der Waals surface area contributed by atoms with Gasteiger partial charge in [0.1, 0.15) is 11.5 Å². The zero-order valence-electron chi connectivity index (χ0n) is 17.1. The fraction of sp³-hybridized carbons (Fsp3) is 0.364. The van der Waals surface area contributed by atoms with Gasteiger partial charge < -0.3 is 4.98 Å². The lowest BCUT2D eigenvalue weighted by atomic mass is 10.1. The zero-order valence-corrected chi connectivity index (χ0v) is 17.1. The Labute approximate surface area is 181 Å². The van der Waals surface area contributed by atoms with Crippen LogP contribution >= 0.6 is 0 Å². The molecule has 1 aliphatic carbocycles. The Bertz CT molecular complexity index is 1310. The Balaban J connectivity index is 1.64. The zero-order chi connectivity index (χ0) is 22.0. The maximum Gasteiger partial charge on any atom is 0.220 e. The van der Waals surface area contributed by atoms with Crippen LogP contribution in [0.2, 0.25) is 0 Å². The molecule has 4 unspecified atom stereocenters. The molecular formula is C22H20F3N7. The Morgan fingerprint density at radius 1 is 1.06 bits per heavy atom. The monoisotopic (exact) mass is 439 g/mol. The first-order chi connectivity index (χ1) is 15.5. The first-order valence-corrected chi connectivity index (χ1v) is 10.6. The Kier molecular flexibility index (Phi) is 4.32. The van der Waals surface area contributed by atoms with E-state index >= 15 is 8.78 Å². The number of aromatic nitrogens is 5. The van der Waals surface area contributed by atoms with Crippen LogP contribution in [0.4, 0.5) is 19.0 Å². The minimum Gasteiger partial charge on any atom is -0.346 e. The summed E-state index contributed by atoms with van der Waals surface area (Å²) in [7, 11) is 0. The smallest absolute Gasteiger partial charge is 0.220 e. The molecule has 0 bridgehead atoms. The molecule has 1 aliphatic heterocycles. The fourth-order valence-electron chi connectivity index (χ4n) is 4.42. The van der Waals surface area contributed by atoms with Gasteiger partial charge in [-0.25, -0.2) is 28.1 Å². The van der Waals surface area contributed by atoms with Crippen LogP contribution in [0.5, 0.6) is 0 Å². The van der Waals surface area contributed by atoms with Crippen molar-refractivity contribution >= 4 is 27.8 Å².